The molecule has 0 amide bonds. The second kappa shape index (κ2) is 4.78. The van der Waals surface area contributed by atoms with E-state index < -0.39 is 0 Å². The molecule has 0 spiro atoms. The fourth-order valence-electron chi connectivity index (χ4n) is 2.12. The second-order valence-corrected chi connectivity index (χ2v) is 4.43. The zero-order valence-electron chi connectivity index (χ0n) is 9.99. The Kier molecular flexibility index (Phi) is 2.98. The van der Waals surface area contributed by atoms with E-state index in [2.05, 4.69) is 10.1 Å². The van der Waals surface area contributed by atoms with E-state index in [0.29, 0.717) is 0 Å². The number of nitrogens with zero attached hydrogens (tertiary/aromatic N) is 3. The van der Waals surface area contributed by atoms with Gasteiger partial charge >= 0.3 is 0 Å². The molecule has 0 bridgehead atoms. The highest BCUT2D eigenvalue weighted by Crippen LogP contribution is 2.24. The highest BCUT2D eigenvalue weighted by Gasteiger charge is 2.16. The van der Waals surface area contributed by atoms with Crippen LogP contribution < -0.4 is 0 Å². The van der Waals surface area contributed by atoms with Crippen molar-refractivity contribution in [2.45, 2.75) is 25.5 Å². The molecule has 3 heterocycles. The summed E-state index contributed by atoms with van der Waals surface area (Å²) < 4.78 is 7.52. The minimum atomic E-state index is 0.0459. The van der Waals surface area contributed by atoms with Crippen LogP contribution in [0, 0.1) is 0 Å². The largest absolute Gasteiger partial charge is 0.506 e. The maximum Gasteiger partial charge on any atom is 0.150 e. The van der Waals surface area contributed by atoms with Gasteiger partial charge in [-0.2, -0.15) is 5.10 Å². The molecule has 1 atom stereocenters. The van der Waals surface area contributed by atoms with Crippen molar-refractivity contribution in [1.82, 2.24) is 14.8 Å². The molecule has 18 heavy (non-hydrogen) atoms. The molecular formula is C13H15N3O2. The van der Waals surface area contributed by atoms with Gasteiger partial charge in [0.05, 0.1) is 18.1 Å². The van der Waals surface area contributed by atoms with E-state index >= 15 is 0 Å². The Morgan fingerprint density at radius 1 is 1.28 bits per heavy atom. The molecule has 0 radical (unpaired) electrons. The molecule has 1 aliphatic rings. The van der Waals surface area contributed by atoms with Gasteiger partial charge in [0, 0.05) is 18.4 Å². The average molecular weight is 245 g/mol. The molecule has 1 unspecified atom stereocenters. The molecule has 94 valence electrons. The molecule has 0 aromatic carbocycles. The Balaban J connectivity index is 1.82. The molecular weight excluding hydrogens is 230 g/mol. The van der Waals surface area contributed by atoms with Crippen LogP contribution in [0.4, 0.5) is 0 Å². The fourth-order valence-corrected chi connectivity index (χ4v) is 2.12. The van der Waals surface area contributed by atoms with Crippen molar-refractivity contribution in [2.24, 2.45) is 0 Å². The topological polar surface area (TPSA) is 60.2 Å². The number of hydrogen-bond donors (Lipinski definition) is 1. The van der Waals surface area contributed by atoms with Crippen LogP contribution in [0.3, 0.4) is 0 Å². The van der Waals surface area contributed by atoms with Gasteiger partial charge in [-0.15, -0.1) is 0 Å². The molecule has 1 aliphatic heterocycles. The molecule has 5 heteroatoms. The Labute approximate surface area is 105 Å². The minimum absolute atomic E-state index is 0.0459. The van der Waals surface area contributed by atoms with Gasteiger partial charge in [-0.25, -0.2) is 4.68 Å². The Morgan fingerprint density at radius 3 is 2.94 bits per heavy atom. The summed E-state index contributed by atoms with van der Waals surface area (Å²) in [5, 5.41) is 13.5. The summed E-state index contributed by atoms with van der Waals surface area (Å²) in [4.78, 5) is 4.16. The molecule has 0 aliphatic carbocycles. The van der Waals surface area contributed by atoms with Crippen molar-refractivity contribution in [3.8, 4) is 17.0 Å². The summed E-state index contributed by atoms with van der Waals surface area (Å²) in [5.74, 6) is 0.168. The van der Waals surface area contributed by atoms with Gasteiger partial charge < -0.3 is 9.84 Å². The van der Waals surface area contributed by atoms with Crippen molar-refractivity contribution in [1.29, 1.82) is 0 Å². The summed E-state index contributed by atoms with van der Waals surface area (Å²) in [7, 11) is 0. The van der Waals surface area contributed by atoms with Crippen molar-refractivity contribution < 1.29 is 9.84 Å². The number of aromatic nitrogens is 3. The normalized spacial score (nSPS) is 19.9. The predicted octanol–water partition coefficient (Wildman–Crippen LogP) is 2.35. The first kappa shape index (κ1) is 11.2. The number of pyridine rings is 1. The number of rotatable bonds is 2. The van der Waals surface area contributed by atoms with Gasteiger partial charge in [-0.3, -0.25) is 4.98 Å². The second-order valence-electron chi connectivity index (χ2n) is 4.43. The maximum absolute atomic E-state index is 9.21. The molecule has 1 saturated heterocycles. The van der Waals surface area contributed by atoms with Crippen LogP contribution in [0.1, 0.15) is 25.5 Å². The van der Waals surface area contributed by atoms with E-state index in [1.807, 2.05) is 10.9 Å². The Bertz CT molecular complexity index is 515. The van der Waals surface area contributed by atoms with Crippen LogP contribution in [0.2, 0.25) is 0 Å². The lowest BCUT2D eigenvalue weighted by Gasteiger charge is -2.22. The molecule has 2 aromatic heterocycles. The van der Waals surface area contributed by atoms with Crippen molar-refractivity contribution >= 4 is 0 Å². The number of ether oxygens (including phenoxy) is 1. The number of hydrogen-bond acceptors (Lipinski definition) is 4. The maximum atomic E-state index is 9.21. The lowest BCUT2D eigenvalue weighted by atomic mass is 10.2. The lowest BCUT2D eigenvalue weighted by molar-refractivity contribution is -0.0394. The van der Waals surface area contributed by atoms with E-state index in [4.69, 9.17) is 4.74 Å². The fraction of sp³-hybridized carbons (Fsp3) is 0.385. The SMILES string of the molecule is Oc1ccc(-c2cnn(C3CCCCO3)c2)nc1. The molecule has 1 N–H and O–H groups in total. The minimum Gasteiger partial charge on any atom is -0.506 e. The predicted molar refractivity (Wildman–Crippen MR) is 66.0 cm³/mol. The third-order valence-corrected chi connectivity index (χ3v) is 3.10. The van der Waals surface area contributed by atoms with Gasteiger partial charge in [0.25, 0.3) is 0 Å². The first-order valence-electron chi connectivity index (χ1n) is 6.14. The van der Waals surface area contributed by atoms with Gasteiger partial charge in [0.2, 0.25) is 0 Å². The molecule has 2 aromatic rings. The van der Waals surface area contributed by atoms with Gasteiger partial charge in [-0.05, 0) is 31.4 Å². The van der Waals surface area contributed by atoms with Gasteiger partial charge in [-0.1, -0.05) is 0 Å². The van der Waals surface area contributed by atoms with Crippen molar-refractivity contribution in [3.63, 3.8) is 0 Å². The van der Waals surface area contributed by atoms with Crippen molar-refractivity contribution in [2.75, 3.05) is 6.61 Å². The third kappa shape index (κ3) is 2.22. The molecule has 0 saturated carbocycles. The summed E-state index contributed by atoms with van der Waals surface area (Å²) in [6.45, 7) is 0.803. The van der Waals surface area contributed by atoms with Crippen molar-refractivity contribution in [3.05, 3.63) is 30.7 Å². The summed E-state index contributed by atoms with van der Waals surface area (Å²) in [6, 6.07) is 3.40. The van der Waals surface area contributed by atoms with Crippen LogP contribution in [-0.4, -0.2) is 26.5 Å². The van der Waals surface area contributed by atoms with E-state index in [-0.39, 0.29) is 12.0 Å². The van der Waals surface area contributed by atoms with E-state index in [9.17, 15) is 5.11 Å². The summed E-state index contributed by atoms with van der Waals surface area (Å²) >= 11 is 0. The molecule has 5 nitrogen and oxygen atoms in total. The van der Waals surface area contributed by atoms with Crippen LogP contribution in [-0.2, 0) is 4.74 Å². The van der Waals surface area contributed by atoms with E-state index in [0.717, 1.165) is 30.7 Å². The Morgan fingerprint density at radius 2 is 2.22 bits per heavy atom. The monoisotopic (exact) mass is 245 g/mol. The third-order valence-electron chi connectivity index (χ3n) is 3.10. The van der Waals surface area contributed by atoms with Crippen LogP contribution in [0.5, 0.6) is 5.75 Å². The highest BCUT2D eigenvalue weighted by atomic mass is 16.5. The molecule has 1 fully saturated rings. The summed E-state index contributed by atoms with van der Waals surface area (Å²) in [5.41, 5.74) is 1.74. The van der Waals surface area contributed by atoms with Crippen LogP contribution in [0.15, 0.2) is 30.7 Å². The van der Waals surface area contributed by atoms with E-state index in [1.165, 1.54) is 12.6 Å². The standard InChI is InChI=1S/C13H15N3O2/c17-11-4-5-12(14-8-11)10-7-15-16(9-10)13-3-1-2-6-18-13/h4-5,7-9,13,17H,1-3,6H2. The number of aromatic hydroxyl groups is 1. The Hall–Kier alpha value is -1.88. The van der Waals surface area contributed by atoms with Gasteiger partial charge in [0.15, 0.2) is 0 Å². The smallest absolute Gasteiger partial charge is 0.150 e. The van der Waals surface area contributed by atoms with Gasteiger partial charge in [0.1, 0.15) is 12.0 Å². The quantitative estimate of drug-likeness (QED) is 0.882. The average Bonchev–Trinajstić information content (AvgIpc) is 2.90. The zero-order chi connectivity index (χ0) is 12.4. The van der Waals surface area contributed by atoms with Crippen LogP contribution in [0.25, 0.3) is 11.3 Å². The first-order chi connectivity index (χ1) is 8.83. The first-order valence-corrected chi connectivity index (χ1v) is 6.14. The lowest BCUT2D eigenvalue weighted by Crippen LogP contribution is -2.18. The van der Waals surface area contributed by atoms with Crippen LogP contribution >= 0.6 is 0 Å². The summed E-state index contributed by atoms with van der Waals surface area (Å²) in [6.07, 6.45) is 8.51. The zero-order valence-corrected chi connectivity index (χ0v) is 9.99. The van der Waals surface area contributed by atoms with E-state index in [1.54, 1.807) is 18.3 Å². The molecule has 3 rings (SSSR count). The highest BCUT2D eigenvalue weighted by molar-refractivity contribution is 5.57.